The van der Waals surface area contributed by atoms with Crippen molar-refractivity contribution in [2.75, 3.05) is 18.5 Å². The molecule has 5 nitrogen and oxygen atoms in total. The van der Waals surface area contributed by atoms with Crippen LogP contribution in [0.2, 0.25) is 0 Å². The summed E-state index contributed by atoms with van der Waals surface area (Å²) < 4.78 is 35.1. The summed E-state index contributed by atoms with van der Waals surface area (Å²) in [6, 6.07) is 9.44. The van der Waals surface area contributed by atoms with Crippen molar-refractivity contribution in [3.8, 4) is 5.75 Å². The highest BCUT2D eigenvalue weighted by atomic mass is 19.3. The van der Waals surface area contributed by atoms with E-state index in [4.69, 9.17) is 4.74 Å². The average molecular weight is 445 g/mol. The van der Waals surface area contributed by atoms with Crippen LogP contribution in [0.1, 0.15) is 66.8 Å². The fourth-order valence-corrected chi connectivity index (χ4v) is 4.62. The molecule has 0 radical (unpaired) electrons. The van der Waals surface area contributed by atoms with Crippen LogP contribution in [0.3, 0.4) is 0 Å². The maximum Gasteiger partial charge on any atom is 0.303 e. The molecule has 4 rings (SSSR count). The zero-order chi connectivity index (χ0) is 22.6. The molecule has 32 heavy (non-hydrogen) atoms. The predicted molar refractivity (Wildman–Crippen MR) is 119 cm³/mol. The second-order valence-electron chi connectivity index (χ2n) is 8.87. The lowest BCUT2D eigenvalue weighted by molar-refractivity contribution is -0.138. The zero-order valence-electron chi connectivity index (χ0n) is 18.2. The Labute approximate surface area is 187 Å². The minimum atomic E-state index is -2.93. The topological polar surface area (TPSA) is 71.5 Å². The van der Waals surface area contributed by atoms with Crippen molar-refractivity contribution in [2.24, 2.45) is 0 Å². The summed E-state index contributed by atoms with van der Waals surface area (Å²) in [6.07, 6.45) is 3.52. The predicted octanol–water partition coefficient (Wildman–Crippen LogP) is 5.37. The van der Waals surface area contributed by atoms with Gasteiger partial charge in [-0.25, -0.2) is 13.8 Å². The third kappa shape index (κ3) is 5.75. The van der Waals surface area contributed by atoms with Crippen molar-refractivity contribution in [1.82, 2.24) is 4.98 Å². The van der Waals surface area contributed by atoms with E-state index in [1.165, 1.54) is 5.56 Å². The quantitative estimate of drug-likeness (QED) is 0.482. The van der Waals surface area contributed by atoms with Crippen molar-refractivity contribution in [3.63, 3.8) is 0 Å². The largest absolute Gasteiger partial charge is 0.493 e. The molecular formula is C25H30F2N2O3. The van der Waals surface area contributed by atoms with Gasteiger partial charge in [-0.05, 0) is 60.9 Å². The molecule has 3 heterocycles. The molecule has 2 aliphatic rings. The van der Waals surface area contributed by atoms with E-state index in [1.807, 2.05) is 12.1 Å². The number of unbranched alkanes of at least 4 members (excludes halogenated alkanes) is 1. The smallest absolute Gasteiger partial charge is 0.303 e. The lowest BCUT2D eigenvalue weighted by Crippen LogP contribution is -2.22. The van der Waals surface area contributed by atoms with Gasteiger partial charge in [-0.15, -0.1) is 0 Å². The van der Waals surface area contributed by atoms with Gasteiger partial charge in [0.25, 0.3) is 0 Å². The number of carbonyl (C=O) groups is 1. The molecule has 0 amide bonds. The Morgan fingerprint density at radius 1 is 1.19 bits per heavy atom. The molecule has 2 N–H and O–H groups in total. The number of hydrogen-bond acceptors (Lipinski definition) is 4. The fourth-order valence-electron chi connectivity index (χ4n) is 4.62. The van der Waals surface area contributed by atoms with Gasteiger partial charge in [-0.3, -0.25) is 4.79 Å². The highest BCUT2D eigenvalue weighted by Gasteiger charge is 2.34. The van der Waals surface area contributed by atoms with Gasteiger partial charge in [-0.1, -0.05) is 18.2 Å². The Kier molecular flexibility index (Phi) is 6.92. The van der Waals surface area contributed by atoms with Gasteiger partial charge in [0.05, 0.1) is 13.0 Å². The normalized spacial score (nSPS) is 15.9. The van der Waals surface area contributed by atoms with E-state index in [0.717, 1.165) is 42.9 Å². The first kappa shape index (κ1) is 22.5. The number of carboxylic acids is 1. The van der Waals surface area contributed by atoms with Gasteiger partial charge in [0.15, 0.2) is 0 Å². The molecule has 1 atom stereocenters. The van der Waals surface area contributed by atoms with Crippen LogP contribution in [-0.2, 0) is 24.1 Å². The van der Waals surface area contributed by atoms with Gasteiger partial charge in [0, 0.05) is 37.4 Å². The van der Waals surface area contributed by atoms with Crippen LogP contribution in [0, 0.1) is 0 Å². The Bertz CT molecular complexity index is 964. The number of benzene rings is 1. The van der Waals surface area contributed by atoms with Crippen LogP contribution >= 0.6 is 0 Å². The number of carboxylic acid groups (broad SMARTS) is 1. The molecule has 0 aliphatic carbocycles. The number of pyridine rings is 1. The molecule has 0 saturated carbocycles. The lowest BCUT2D eigenvalue weighted by atomic mass is 9.87. The highest BCUT2D eigenvalue weighted by Crippen LogP contribution is 2.38. The number of rotatable bonds is 10. The molecule has 0 fully saturated rings. The number of aromatic nitrogens is 1. The van der Waals surface area contributed by atoms with E-state index < -0.39 is 24.2 Å². The molecule has 0 bridgehead atoms. The second-order valence-corrected chi connectivity index (χ2v) is 8.87. The number of aliphatic carboxylic acids is 1. The summed E-state index contributed by atoms with van der Waals surface area (Å²) in [5.74, 6) is -3.13. The van der Waals surface area contributed by atoms with Gasteiger partial charge in [0.1, 0.15) is 11.6 Å². The molecule has 0 saturated heterocycles. The number of fused-ring (bicyclic) bond motifs is 2. The van der Waals surface area contributed by atoms with Crippen LogP contribution in [0.25, 0.3) is 0 Å². The van der Waals surface area contributed by atoms with Crippen molar-refractivity contribution in [2.45, 2.75) is 69.6 Å². The van der Waals surface area contributed by atoms with E-state index in [0.29, 0.717) is 37.2 Å². The number of ether oxygens (including phenoxy) is 1. The number of alkyl halides is 2. The number of nitrogens with one attached hydrogen (secondary N) is 1. The summed E-state index contributed by atoms with van der Waals surface area (Å²) in [5.41, 5.74) is 3.79. The molecule has 2 aliphatic heterocycles. The minimum Gasteiger partial charge on any atom is -0.493 e. The third-order valence-corrected chi connectivity index (χ3v) is 6.33. The third-order valence-electron chi connectivity index (χ3n) is 6.33. The maximum atomic E-state index is 14.8. The summed E-state index contributed by atoms with van der Waals surface area (Å²) in [4.78, 5) is 16.0. The highest BCUT2D eigenvalue weighted by molar-refractivity contribution is 5.68. The first-order valence-electron chi connectivity index (χ1n) is 11.5. The van der Waals surface area contributed by atoms with Crippen LogP contribution in [0.4, 0.5) is 14.6 Å². The SMILES string of the molecule is O=C(O)C[C@@H](CC(F)(F)CCCCc1ccc2c(n1)NCCC2)c1ccc2c(c1)OCC2. The summed E-state index contributed by atoms with van der Waals surface area (Å²) in [7, 11) is 0. The number of hydrogen-bond donors (Lipinski definition) is 2. The van der Waals surface area contributed by atoms with Crippen LogP contribution in [0.15, 0.2) is 30.3 Å². The molecule has 1 aromatic heterocycles. The van der Waals surface area contributed by atoms with Gasteiger partial charge in [0.2, 0.25) is 5.92 Å². The summed E-state index contributed by atoms with van der Waals surface area (Å²) >= 11 is 0. The zero-order valence-corrected chi connectivity index (χ0v) is 18.2. The molecule has 1 aromatic carbocycles. The van der Waals surface area contributed by atoms with E-state index in [1.54, 1.807) is 12.1 Å². The minimum absolute atomic E-state index is 0.256. The summed E-state index contributed by atoms with van der Waals surface area (Å²) in [6.45, 7) is 1.50. The van der Waals surface area contributed by atoms with Crippen molar-refractivity contribution < 1.29 is 23.4 Å². The van der Waals surface area contributed by atoms with Crippen molar-refractivity contribution >= 4 is 11.8 Å². The molecule has 0 spiro atoms. The number of halogens is 2. The Hall–Kier alpha value is -2.70. The average Bonchev–Trinajstić information content (AvgIpc) is 3.24. The second kappa shape index (κ2) is 9.84. The van der Waals surface area contributed by atoms with Crippen LogP contribution < -0.4 is 10.1 Å². The van der Waals surface area contributed by atoms with E-state index in [9.17, 15) is 18.7 Å². The molecule has 7 heteroatoms. The van der Waals surface area contributed by atoms with Crippen molar-refractivity contribution in [1.29, 1.82) is 0 Å². The summed E-state index contributed by atoms with van der Waals surface area (Å²) in [5, 5.41) is 12.6. The molecule has 0 unspecified atom stereocenters. The molecule has 172 valence electrons. The van der Waals surface area contributed by atoms with Crippen LogP contribution in [-0.4, -0.2) is 35.1 Å². The molecule has 2 aromatic rings. The lowest BCUT2D eigenvalue weighted by Gasteiger charge is -2.23. The molecular weight excluding hydrogens is 414 g/mol. The number of anilines is 1. The first-order chi connectivity index (χ1) is 15.4. The fraction of sp³-hybridized carbons (Fsp3) is 0.520. The Balaban J connectivity index is 1.32. The standard InChI is InChI=1S/C25H30F2N2O3/c26-25(27,11-2-1-5-21-9-8-18-4-3-12-28-24(18)29-21)16-20(15-23(30)31)19-7-6-17-10-13-32-22(17)14-19/h6-9,14,20H,1-5,10-13,15-16H2,(H,28,29)(H,30,31)/t20-/m0/s1. The Morgan fingerprint density at radius 3 is 2.88 bits per heavy atom. The van der Waals surface area contributed by atoms with Gasteiger partial charge >= 0.3 is 5.97 Å². The number of aryl methyl sites for hydroxylation is 2. The first-order valence-corrected chi connectivity index (χ1v) is 11.5. The van der Waals surface area contributed by atoms with E-state index in [2.05, 4.69) is 16.4 Å². The van der Waals surface area contributed by atoms with E-state index in [-0.39, 0.29) is 12.8 Å². The maximum absolute atomic E-state index is 14.8. The monoisotopic (exact) mass is 444 g/mol. The van der Waals surface area contributed by atoms with Gasteiger partial charge < -0.3 is 15.2 Å². The van der Waals surface area contributed by atoms with Gasteiger partial charge in [-0.2, -0.15) is 0 Å². The van der Waals surface area contributed by atoms with Crippen LogP contribution in [0.5, 0.6) is 5.75 Å². The van der Waals surface area contributed by atoms with Crippen molar-refractivity contribution in [3.05, 3.63) is 52.7 Å². The Morgan fingerprint density at radius 2 is 2.03 bits per heavy atom. The number of nitrogens with zero attached hydrogens (tertiary/aromatic N) is 1. The van der Waals surface area contributed by atoms with E-state index >= 15 is 0 Å².